The Bertz CT molecular complexity index is 1300. The molecule has 0 radical (unpaired) electrons. The van der Waals surface area contributed by atoms with Gasteiger partial charge in [0.25, 0.3) is 0 Å². The Labute approximate surface area is 241 Å². The number of phosphoric ester groups is 1. The van der Waals surface area contributed by atoms with Gasteiger partial charge in [-0.2, -0.15) is 0 Å². The molecule has 0 aliphatic rings. The number of rotatable bonds is 17. The summed E-state index contributed by atoms with van der Waals surface area (Å²) in [5.41, 5.74) is 3.44. The summed E-state index contributed by atoms with van der Waals surface area (Å²) in [6.45, 7) is 1.61. The molecule has 0 fully saturated rings. The Hall–Kier alpha value is -3.42. The second-order valence-electron chi connectivity index (χ2n) is 9.42. The molecular weight excluding hydrogens is 540 g/mol. The van der Waals surface area contributed by atoms with E-state index in [1.165, 1.54) is 6.92 Å². The van der Waals surface area contributed by atoms with Crippen LogP contribution in [0.4, 0.5) is 0 Å². The second kappa shape index (κ2) is 16.1. The van der Waals surface area contributed by atoms with Crippen molar-refractivity contribution in [3.8, 4) is 0 Å². The summed E-state index contributed by atoms with van der Waals surface area (Å²) in [4.78, 5) is 12.8. The maximum Gasteiger partial charge on any atom is 0.475 e. The lowest BCUT2D eigenvalue weighted by Crippen LogP contribution is -2.40. The van der Waals surface area contributed by atoms with Gasteiger partial charge in [0.15, 0.2) is 5.78 Å². The first-order valence-electron chi connectivity index (χ1n) is 13.4. The number of benzene rings is 4. The van der Waals surface area contributed by atoms with Crippen LogP contribution >= 0.6 is 7.82 Å². The molecule has 0 heterocycles. The number of ether oxygens (including phenoxy) is 2. The standard InChI is InChI=1S/C33H35O7P/c1-27(34)33(37-23-29-16-8-3-9-17-29)32(36-22-28-14-6-2-7-15-28)26-40-41(35,38-24-30-18-10-4-11-19-30)39-25-31-20-12-5-13-21-31/h2-21,32-33H,22-26H2,1H3/t32-,33-/m1/s1/i1+1. The van der Waals surface area contributed by atoms with Gasteiger partial charge in [-0.15, -0.1) is 0 Å². The van der Waals surface area contributed by atoms with Crippen LogP contribution in [0, 0.1) is 0 Å². The van der Waals surface area contributed by atoms with Crippen molar-refractivity contribution >= 4 is 13.6 Å². The van der Waals surface area contributed by atoms with E-state index in [9.17, 15) is 9.36 Å². The van der Waals surface area contributed by atoms with Crippen LogP contribution in [0.5, 0.6) is 0 Å². The van der Waals surface area contributed by atoms with Gasteiger partial charge in [0, 0.05) is 0 Å². The molecule has 0 saturated carbocycles. The van der Waals surface area contributed by atoms with Gasteiger partial charge in [0.1, 0.15) is 12.2 Å². The molecule has 0 unspecified atom stereocenters. The number of carbonyl (C=O) groups is 1. The minimum absolute atomic E-state index is 0.0170. The Kier molecular flexibility index (Phi) is 12.0. The monoisotopic (exact) mass is 575 g/mol. The molecule has 214 valence electrons. The quantitative estimate of drug-likeness (QED) is 0.0965. The van der Waals surface area contributed by atoms with Gasteiger partial charge in [-0.3, -0.25) is 18.4 Å². The van der Waals surface area contributed by atoms with Gasteiger partial charge in [0.2, 0.25) is 0 Å². The highest BCUT2D eigenvalue weighted by atomic mass is 31.2. The first-order valence-corrected chi connectivity index (χ1v) is 14.9. The lowest BCUT2D eigenvalue weighted by atomic mass is 10.1. The molecule has 4 aromatic rings. The van der Waals surface area contributed by atoms with Crippen molar-refractivity contribution in [2.75, 3.05) is 6.61 Å². The second-order valence-corrected chi connectivity index (χ2v) is 11.1. The van der Waals surface area contributed by atoms with Gasteiger partial charge < -0.3 is 9.47 Å². The highest BCUT2D eigenvalue weighted by molar-refractivity contribution is 7.48. The number of ketones is 1. The molecule has 0 bridgehead atoms. The SMILES string of the molecule is [13CH3]C(=O)[C@@H](OCc1ccccc1)[C@@H](COP(=O)(OCc1ccccc1)OCc1ccccc1)OCc1ccccc1. The number of hydrogen-bond acceptors (Lipinski definition) is 7. The molecule has 0 N–H and O–H groups in total. The molecular formula is C33H35O7P. The molecule has 0 saturated heterocycles. The van der Waals surface area contributed by atoms with Crippen molar-refractivity contribution in [2.45, 2.75) is 45.6 Å². The topological polar surface area (TPSA) is 80.3 Å². The highest BCUT2D eigenvalue weighted by Gasteiger charge is 2.34. The number of carbonyl (C=O) groups excluding carboxylic acids is 1. The maximum absolute atomic E-state index is 13.9. The average Bonchev–Trinajstić information content (AvgIpc) is 3.02. The van der Waals surface area contributed by atoms with E-state index in [0.29, 0.717) is 0 Å². The van der Waals surface area contributed by atoms with Gasteiger partial charge in [0.05, 0.1) is 33.0 Å². The third kappa shape index (κ3) is 10.5. The molecule has 41 heavy (non-hydrogen) atoms. The summed E-state index contributed by atoms with van der Waals surface area (Å²) < 4.78 is 43.4. The van der Waals surface area contributed by atoms with Crippen LogP contribution < -0.4 is 0 Å². The summed E-state index contributed by atoms with van der Waals surface area (Å²) in [5.74, 6) is -0.243. The number of phosphoric acid groups is 1. The average molecular weight is 576 g/mol. The summed E-state index contributed by atoms with van der Waals surface area (Å²) in [5, 5.41) is 0. The van der Waals surface area contributed by atoms with Gasteiger partial charge in [-0.1, -0.05) is 121 Å². The molecule has 4 aromatic carbocycles. The van der Waals surface area contributed by atoms with Gasteiger partial charge in [-0.05, 0) is 29.2 Å². The normalized spacial score (nSPS) is 13.0. The van der Waals surface area contributed by atoms with E-state index in [1.54, 1.807) is 0 Å². The summed E-state index contributed by atoms with van der Waals surface area (Å²) >= 11 is 0. The van der Waals surface area contributed by atoms with Crippen LogP contribution in [-0.4, -0.2) is 24.6 Å². The van der Waals surface area contributed by atoms with Crippen LogP contribution in [0.15, 0.2) is 121 Å². The first-order chi connectivity index (χ1) is 20.0. The van der Waals surface area contributed by atoms with Crippen LogP contribution in [0.3, 0.4) is 0 Å². The third-order valence-corrected chi connectivity index (χ3v) is 7.53. The third-order valence-electron chi connectivity index (χ3n) is 6.18. The summed E-state index contributed by atoms with van der Waals surface area (Å²) in [6.07, 6.45) is -1.86. The fourth-order valence-electron chi connectivity index (χ4n) is 3.98. The molecule has 7 nitrogen and oxygen atoms in total. The van der Waals surface area contributed by atoms with Crippen molar-refractivity contribution < 1.29 is 32.4 Å². The minimum atomic E-state index is -4.09. The summed E-state index contributed by atoms with van der Waals surface area (Å²) in [7, 11) is -4.09. The van der Waals surface area contributed by atoms with E-state index in [4.69, 9.17) is 23.0 Å². The minimum Gasteiger partial charge on any atom is -0.368 e. The van der Waals surface area contributed by atoms with E-state index >= 15 is 0 Å². The highest BCUT2D eigenvalue weighted by Crippen LogP contribution is 2.51. The van der Waals surface area contributed by atoms with E-state index in [1.807, 2.05) is 121 Å². The van der Waals surface area contributed by atoms with Gasteiger partial charge >= 0.3 is 7.82 Å². The lowest BCUT2D eigenvalue weighted by molar-refractivity contribution is -0.147. The van der Waals surface area contributed by atoms with Crippen LogP contribution in [0.25, 0.3) is 0 Å². The lowest BCUT2D eigenvalue weighted by Gasteiger charge is -2.27. The molecule has 4 rings (SSSR count). The Balaban J connectivity index is 1.50. The molecule has 0 aliphatic carbocycles. The van der Waals surface area contributed by atoms with Gasteiger partial charge in [-0.25, -0.2) is 4.57 Å². The van der Waals surface area contributed by atoms with E-state index in [2.05, 4.69) is 0 Å². The van der Waals surface area contributed by atoms with Crippen LogP contribution in [-0.2, 0) is 58.8 Å². The molecule has 8 heteroatoms. The van der Waals surface area contributed by atoms with Crippen molar-refractivity contribution in [1.29, 1.82) is 0 Å². The fraction of sp³-hybridized carbons (Fsp3) is 0.242. The van der Waals surface area contributed by atoms with Crippen LogP contribution in [0.1, 0.15) is 29.2 Å². The Morgan fingerprint density at radius 1 is 0.561 bits per heavy atom. The molecule has 0 aromatic heterocycles. The Morgan fingerprint density at radius 3 is 1.32 bits per heavy atom. The Morgan fingerprint density at radius 2 is 0.927 bits per heavy atom. The molecule has 0 amide bonds. The van der Waals surface area contributed by atoms with Crippen molar-refractivity contribution in [2.24, 2.45) is 0 Å². The van der Waals surface area contributed by atoms with Crippen molar-refractivity contribution in [3.63, 3.8) is 0 Å². The van der Waals surface area contributed by atoms with E-state index < -0.39 is 20.0 Å². The largest absolute Gasteiger partial charge is 0.475 e. The zero-order valence-electron chi connectivity index (χ0n) is 23.0. The molecule has 0 spiro atoms. The predicted molar refractivity (Wildman–Crippen MR) is 157 cm³/mol. The summed E-state index contributed by atoms with van der Waals surface area (Å²) in [6, 6.07) is 37.8. The molecule has 0 aliphatic heterocycles. The first kappa shape index (κ1) is 30.5. The fourth-order valence-corrected chi connectivity index (χ4v) is 5.15. The zero-order valence-corrected chi connectivity index (χ0v) is 23.9. The number of Topliss-reactive ketones (excluding diaryl/α,β-unsaturated/α-hetero) is 1. The number of hydrogen-bond donors (Lipinski definition) is 0. The van der Waals surface area contributed by atoms with E-state index in [0.717, 1.165) is 22.3 Å². The van der Waals surface area contributed by atoms with Crippen molar-refractivity contribution in [3.05, 3.63) is 144 Å². The maximum atomic E-state index is 13.9. The smallest absolute Gasteiger partial charge is 0.368 e. The molecule has 2 atom stereocenters. The predicted octanol–water partition coefficient (Wildman–Crippen LogP) is 7.30. The van der Waals surface area contributed by atoms with Crippen LogP contribution in [0.2, 0.25) is 0 Å². The van der Waals surface area contributed by atoms with E-state index in [-0.39, 0.29) is 38.8 Å². The zero-order chi connectivity index (χ0) is 28.8. The van der Waals surface area contributed by atoms with Crippen molar-refractivity contribution in [1.82, 2.24) is 0 Å².